The van der Waals surface area contributed by atoms with Crippen molar-refractivity contribution in [3.8, 4) is 0 Å². The first-order valence-electron chi connectivity index (χ1n) is 7.81. The standard InChI is InChI=1S/C18H19Cl2N3/c19-17-6-4-15(5-7-17)14-22-8-10-23(11-9-22)21-13-16-2-1-3-18(20)12-16/h1-7,12-13H,8-11,14H2/p+1. The second kappa shape index (κ2) is 7.82. The highest BCUT2D eigenvalue weighted by molar-refractivity contribution is 6.31. The Kier molecular flexibility index (Phi) is 5.55. The molecule has 120 valence electrons. The number of piperazine rings is 1. The monoisotopic (exact) mass is 348 g/mol. The summed E-state index contributed by atoms with van der Waals surface area (Å²) in [7, 11) is 0. The largest absolute Gasteiger partial charge is 0.328 e. The molecule has 23 heavy (non-hydrogen) atoms. The van der Waals surface area contributed by atoms with Crippen molar-refractivity contribution in [2.75, 3.05) is 26.2 Å². The minimum absolute atomic E-state index is 0.742. The van der Waals surface area contributed by atoms with Crippen molar-refractivity contribution >= 4 is 29.4 Å². The Labute approximate surface area is 147 Å². The Balaban J connectivity index is 1.49. The fraction of sp³-hybridized carbons (Fsp3) is 0.278. The van der Waals surface area contributed by atoms with Crippen LogP contribution >= 0.6 is 23.2 Å². The van der Waals surface area contributed by atoms with E-state index in [-0.39, 0.29) is 0 Å². The van der Waals surface area contributed by atoms with Crippen LogP contribution in [0.2, 0.25) is 10.0 Å². The van der Waals surface area contributed by atoms with E-state index in [4.69, 9.17) is 23.2 Å². The van der Waals surface area contributed by atoms with Gasteiger partial charge in [0, 0.05) is 15.6 Å². The van der Waals surface area contributed by atoms with E-state index in [1.165, 1.54) is 5.56 Å². The van der Waals surface area contributed by atoms with Gasteiger partial charge in [-0.1, -0.05) is 47.5 Å². The van der Waals surface area contributed by atoms with Crippen LogP contribution in [0.15, 0.2) is 53.6 Å². The minimum Gasteiger partial charge on any atom is -0.328 e. The molecule has 0 aliphatic carbocycles. The van der Waals surface area contributed by atoms with Crippen molar-refractivity contribution < 1.29 is 4.90 Å². The Morgan fingerprint density at radius 1 is 1.00 bits per heavy atom. The lowest BCUT2D eigenvalue weighted by molar-refractivity contribution is -0.918. The van der Waals surface area contributed by atoms with E-state index in [1.54, 1.807) is 4.90 Å². The lowest BCUT2D eigenvalue weighted by Crippen LogP contribution is -3.13. The van der Waals surface area contributed by atoms with Crippen LogP contribution in [0.3, 0.4) is 0 Å². The molecule has 0 spiro atoms. The first-order chi connectivity index (χ1) is 11.2. The van der Waals surface area contributed by atoms with E-state index in [9.17, 15) is 0 Å². The fourth-order valence-corrected chi connectivity index (χ4v) is 3.05. The molecule has 0 bridgehead atoms. The number of hydrogen-bond acceptors (Lipinski definition) is 2. The highest BCUT2D eigenvalue weighted by Crippen LogP contribution is 2.10. The van der Waals surface area contributed by atoms with Crippen LogP contribution in [0.1, 0.15) is 11.1 Å². The number of halogens is 2. The number of quaternary nitrogens is 1. The van der Waals surface area contributed by atoms with Crippen molar-refractivity contribution in [3.05, 3.63) is 69.7 Å². The van der Waals surface area contributed by atoms with Gasteiger partial charge in [0.05, 0.1) is 32.4 Å². The maximum Gasteiger partial charge on any atom is 0.103 e. The van der Waals surface area contributed by atoms with Crippen molar-refractivity contribution in [2.45, 2.75) is 6.54 Å². The summed E-state index contributed by atoms with van der Waals surface area (Å²) in [5.74, 6) is 0. The topological polar surface area (TPSA) is 20.0 Å². The minimum atomic E-state index is 0.742. The van der Waals surface area contributed by atoms with Gasteiger partial charge in [0.2, 0.25) is 0 Å². The van der Waals surface area contributed by atoms with Crippen LogP contribution in [0.25, 0.3) is 0 Å². The van der Waals surface area contributed by atoms with Gasteiger partial charge in [-0.25, -0.2) is 0 Å². The first kappa shape index (κ1) is 16.3. The van der Waals surface area contributed by atoms with Gasteiger partial charge in [0.25, 0.3) is 0 Å². The zero-order chi connectivity index (χ0) is 16.1. The number of hydrogen-bond donors (Lipinski definition) is 1. The third-order valence-corrected chi connectivity index (χ3v) is 4.52. The van der Waals surface area contributed by atoms with Gasteiger partial charge < -0.3 is 4.90 Å². The Morgan fingerprint density at radius 3 is 2.43 bits per heavy atom. The Hall–Kier alpha value is -1.55. The van der Waals surface area contributed by atoms with Crippen LogP contribution in [0, 0.1) is 0 Å². The number of rotatable bonds is 4. The molecule has 0 amide bonds. The van der Waals surface area contributed by atoms with Crippen LogP contribution in [-0.2, 0) is 6.54 Å². The van der Waals surface area contributed by atoms with Crippen molar-refractivity contribution in [1.29, 1.82) is 0 Å². The fourth-order valence-electron chi connectivity index (χ4n) is 2.73. The van der Waals surface area contributed by atoms with Gasteiger partial charge in [0.1, 0.15) is 6.54 Å². The molecule has 1 aliphatic heterocycles. The summed E-state index contributed by atoms with van der Waals surface area (Å²) in [6, 6.07) is 15.9. The molecule has 1 fully saturated rings. The average Bonchev–Trinajstić information content (AvgIpc) is 2.56. The summed E-state index contributed by atoms with van der Waals surface area (Å²) in [6.45, 7) is 5.17. The molecular formula is C18H20Cl2N3+. The number of hydrazone groups is 1. The van der Waals surface area contributed by atoms with Gasteiger partial charge in [0.15, 0.2) is 0 Å². The first-order valence-corrected chi connectivity index (χ1v) is 8.57. The van der Waals surface area contributed by atoms with Crippen LogP contribution < -0.4 is 4.90 Å². The lowest BCUT2D eigenvalue weighted by Gasteiger charge is -2.30. The quantitative estimate of drug-likeness (QED) is 0.842. The highest BCUT2D eigenvalue weighted by atomic mass is 35.5. The average molecular weight is 349 g/mol. The summed E-state index contributed by atoms with van der Waals surface area (Å²) in [5.41, 5.74) is 2.37. The SMILES string of the molecule is Clc1ccc(C[NH+]2CCN(N=Cc3cccc(Cl)c3)CC2)cc1. The van der Waals surface area contributed by atoms with Gasteiger partial charge in [-0.05, 0) is 29.8 Å². The Bertz CT molecular complexity index is 662. The molecule has 1 heterocycles. The number of nitrogens with zero attached hydrogens (tertiary/aromatic N) is 2. The molecule has 0 saturated carbocycles. The molecule has 1 N–H and O–H groups in total. The van der Waals surface area contributed by atoms with Crippen LogP contribution in [-0.4, -0.2) is 37.4 Å². The molecule has 0 aromatic heterocycles. The summed E-state index contributed by atoms with van der Waals surface area (Å²) in [5, 5.41) is 8.23. The van der Waals surface area contributed by atoms with E-state index >= 15 is 0 Å². The van der Waals surface area contributed by atoms with E-state index in [2.05, 4.69) is 22.2 Å². The van der Waals surface area contributed by atoms with Crippen molar-refractivity contribution in [1.82, 2.24) is 5.01 Å². The predicted octanol–water partition coefficient (Wildman–Crippen LogP) is 2.73. The van der Waals surface area contributed by atoms with E-state index in [1.807, 2.05) is 42.6 Å². The van der Waals surface area contributed by atoms with Gasteiger partial charge in [-0.15, -0.1) is 0 Å². The highest BCUT2D eigenvalue weighted by Gasteiger charge is 2.18. The number of nitrogens with one attached hydrogen (secondary N) is 1. The van der Waals surface area contributed by atoms with E-state index in [0.717, 1.165) is 48.3 Å². The smallest absolute Gasteiger partial charge is 0.103 e. The van der Waals surface area contributed by atoms with Crippen LogP contribution in [0.4, 0.5) is 0 Å². The maximum atomic E-state index is 5.99. The molecule has 2 aromatic carbocycles. The van der Waals surface area contributed by atoms with Gasteiger partial charge >= 0.3 is 0 Å². The molecule has 5 heteroatoms. The molecule has 0 atom stereocenters. The van der Waals surface area contributed by atoms with E-state index in [0.29, 0.717) is 0 Å². The molecule has 1 saturated heterocycles. The molecule has 0 radical (unpaired) electrons. The molecule has 3 rings (SSSR count). The summed E-state index contributed by atoms with van der Waals surface area (Å²) < 4.78 is 0. The number of benzene rings is 2. The van der Waals surface area contributed by atoms with Crippen LogP contribution in [0.5, 0.6) is 0 Å². The Morgan fingerprint density at radius 2 is 1.74 bits per heavy atom. The summed E-state index contributed by atoms with van der Waals surface area (Å²) in [6.07, 6.45) is 1.88. The molecule has 1 aliphatic rings. The predicted molar refractivity (Wildman–Crippen MR) is 96.5 cm³/mol. The molecule has 3 nitrogen and oxygen atoms in total. The van der Waals surface area contributed by atoms with Gasteiger partial charge in [-0.3, -0.25) is 5.01 Å². The zero-order valence-corrected chi connectivity index (χ0v) is 14.4. The molecular weight excluding hydrogens is 329 g/mol. The lowest BCUT2D eigenvalue weighted by atomic mass is 10.2. The zero-order valence-electron chi connectivity index (χ0n) is 12.9. The maximum absolute atomic E-state index is 5.99. The normalized spacial score (nSPS) is 16.2. The van der Waals surface area contributed by atoms with Crippen molar-refractivity contribution in [3.63, 3.8) is 0 Å². The third-order valence-electron chi connectivity index (χ3n) is 4.03. The second-order valence-corrected chi connectivity index (χ2v) is 6.68. The summed E-state index contributed by atoms with van der Waals surface area (Å²) >= 11 is 11.9. The molecule has 0 unspecified atom stereocenters. The van der Waals surface area contributed by atoms with E-state index < -0.39 is 0 Å². The molecule has 2 aromatic rings. The van der Waals surface area contributed by atoms with Gasteiger partial charge in [-0.2, -0.15) is 5.10 Å². The second-order valence-electron chi connectivity index (χ2n) is 5.81. The third kappa shape index (κ3) is 4.96. The van der Waals surface area contributed by atoms with Crippen molar-refractivity contribution in [2.24, 2.45) is 5.10 Å². The summed E-state index contributed by atoms with van der Waals surface area (Å²) in [4.78, 5) is 1.58.